The standard InChI is InChI=1S/C49H32N4OS/c1-49(2)39-24-25-41-45(55-28-50-41)42(39)38-23-22-32(27-40(38)49)35-19-11-21-37-36-20-10-18-34(43(36)54-44(35)37)31-16-9-17-33(26-31)48-52-46(29-12-5-3-6-13-29)51-47(53-48)30-14-7-4-8-15-30/h3-28H,1-2H3/i3D,4D,5D,6D,7D,8D,9D,12D,13D,14D,15D,16D,17D,26D. The monoisotopic (exact) mass is 738 g/mol. The third kappa shape index (κ3) is 4.99. The molecule has 0 atom stereocenters. The van der Waals surface area contributed by atoms with Crippen LogP contribution in [0.1, 0.15) is 44.2 Å². The molecule has 0 radical (unpaired) electrons. The van der Waals surface area contributed by atoms with Crippen molar-refractivity contribution in [3.63, 3.8) is 0 Å². The molecule has 11 rings (SSSR count). The quantitative estimate of drug-likeness (QED) is 0.176. The maximum Gasteiger partial charge on any atom is 0.164 e. The van der Waals surface area contributed by atoms with E-state index < -0.39 is 119 Å². The fraction of sp³-hybridized carbons (Fsp3) is 0.0612. The van der Waals surface area contributed by atoms with Gasteiger partial charge < -0.3 is 4.42 Å². The Labute approximate surface area is 341 Å². The van der Waals surface area contributed by atoms with Gasteiger partial charge in [-0.3, -0.25) is 0 Å². The van der Waals surface area contributed by atoms with Gasteiger partial charge in [-0.05, 0) is 46.0 Å². The predicted molar refractivity (Wildman–Crippen MR) is 225 cm³/mol. The fourth-order valence-corrected chi connectivity index (χ4v) is 8.43. The second kappa shape index (κ2) is 12.1. The minimum Gasteiger partial charge on any atom is -0.455 e. The Kier molecular flexibility index (Phi) is 4.55. The molecule has 0 amide bonds. The van der Waals surface area contributed by atoms with Crippen LogP contribution >= 0.6 is 11.3 Å². The van der Waals surface area contributed by atoms with Crippen molar-refractivity contribution in [2.75, 3.05) is 0 Å². The largest absolute Gasteiger partial charge is 0.455 e. The molecule has 0 fully saturated rings. The molecular weight excluding hydrogens is 693 g/mol. The Morgan fingerprint density at radius 2 is 1.16 bits per heavy atom. The highest BCUT2D eigenvalue weighted by Crippen LogP contribution is 2.53. The Morgan fingerprint density at radius 1 is 0.564 bits per heavy atom. The molecule has 55 heavy (non-hydrogen) atoms. The van der Waals surface area contributed by atoms with Crippen molar-refractivity contribution in [1.29, 1.82) is 0 Å². The first kappa shape index (κ1) is 20.6. The molecule has 6 heteroatoms. The molecule has 5 nitrogen and oxygen atoms in total. The molecule has 10 aromatic rings. The minimum absolute atomic E-state index is 0.141. The summed E-state index contributed by atoms with van der Waals surface area (Å²) >= 11 is 1.62. The first-order valence-electron chi connectivity index (χ1n) is 24.3. The summed E-state index contributed by atoms with van der Waals surface area (Å²) < 4.78 is 130. The molecule has 0 spiro atoms. The van der Waals surface area contributed by atoms with Crippen molar-refractivity contribution in [3.05, 3.63) is 168 Å². The van der Waals surface area contributed by atoms with Gasteiger partial charge in [0.25, 0.3) is 0 Å². The number of thiazole rings is 1. The van der Waals surface area contributed by atoms with Gasteiger partial charge in [-0.25, -0.2) is 19.9 Å². The summed E-state index contributed by atoms with van der Waals surface area (Å²) in [6, 6.07) is 12.0. The lowest BCUT2D eigenvalue weighted by molar-refractivity contribution is 0.660. The molecule has 0 saturated heterocycles. The number of fused-ring (bicyclic) bond motifs is 8. The minimum atomic E-state index is -0.737. The average Bonchev–Trinajstić information content (AvgIpc) is 4.04. The molecule has 0 unspecified atom stereocenters. The number of furan rings is 1. The summed E-state index contributed by atoms with van der Waals surface area (Å²) in [6.45, 7) is 4.42. The zero-order chi connectivity index (χ0) is 48.9. The summed E-state index contributed by atoms with van der Waals surface area (Å²) in [5, 5.41) is 1.38. The highest BCUT2D eigenvalue weighted by molar-refractivity contribution is 7.17. The van der Waals surface area contributed by atoms with E-state index in [1.165, 1.54) is 11.1 Å². The van der Waals surface area contributed by atoms with E-state index in [0.29, 0.717) is 11.0 Å². The van der Waals surface area contributed by atoms with E-state index in [9.17, 15) is 2.74 Å². The zero-order valence-corrected chi connectivity index (χ0v) is 29.9. The molecule has 1 aliphatic rings. The van der Waals surface area contributed by atoms with Crippen LogP contribution < -0.4 is 0 Å². The van der Waals surface area contributed by atoms with E-state index >= 15 is 0 Å². The van der Waals surface area contributed by atoms with Crippen LogP contribution in [0.2, 0.25) is 0 Å². The Balaban J connectivity index is 1.13. The number of hydrogen-bond donors (Lipinski definition) is 0. The van der Waals surface area contributed by atoms with Gasteiger partial charge in [0.2, 0.25) is 0 Å². The molecule has 0 bridgehead atoms. The molecule has 1 aliphatic carbocycles. The summed E-state index contributed by atoms with van der Waals surface area (Å²) in [5.41, 5.74) is 8.27. The second-order valence-corrected chi connectivity index (χ2v) is 14.5. The first-order chi connectivity index (χ1) is 32.8. The zero-order valence-electron chi connectivity index (χ0n) is 43.0. The van der Waals surface area contributed by atoms with Gasteiger partial charge in [0.1, 0.15) is 11.2 Å². The van der Waals surface area contributed by atoms with E-state index in [1.54, 1.807) is 23.5 Å². The lowest BCUT2D eigenvalue weighted by Gasteiger charge is -2.22. The molecule has 0 saturated carbocycles. The molecule has 0 aliphatic heterocycles. The molecule has 3 aromatic heterocycles. The Morgan fingerprint density at radius 3 is 1.84 bits per heavy atom. The first-order valence-corrected chi connectivity index (χ1v) is 18.2. The van der Waals surface area contributed by atoms with Crippen LogP contribution in [0.15, 0.2) is 161 Å². The molecule has 0 N–H and O–H groups in total. The maximum absolute atomic E-state index is 9.72. The van der Waals surface area contributed by atoms with Gasteiger partial charge >= 0.3 is 0 Å². The predicted octanol–water partition coefficient (Wildman–Crippen LogP) is 13.0. The average molecular weight is 739 g/mol. The van der Waals surface area contributed by atoms with E-state index in [-0.39, 0.29) is 22.1 Å². The number of benzene rings is 7. The van der Waals surface area contributed by atoms with Crippen molar-refractivity contribution < 1.29 is 23.6 Å². The topological polar surface area (TPSA) is 64.7 Å². The van der Waals surface area contributed by atoms with Gasteiger partial charge in [0, 0.05) is 49.6 Å². The van der Waals surface area contributed by atoms with Crippen LogP contribution in [0.4, 0.5) is 0 Å². The third-order valence-corrected chi connectivity index (χ3v) is 11.0. The van der Waals surface area contributed by atoms with Gasteiger partial charge in [-0.1, -0.05) is 147 Å². The highest BCUT2D eigenvalue weighted by Gasteiger charge is 2.37. The van der Waals surface area contributed by atoms with Crippen molar-refractivity contribution >= 4 is 43.5 Å². The van der Waals surface area contributed by atoms with Crippen LogP contribution in [0, 0.1) is 0 Å². The summed E-state index contributed by atoms with van der Waals surface area (Å²) in [6.07, 6.45) is 0. The third-order valence-electron chi connectivity index (χ3n) is 10.2. The van der Waals surface area contributed by atoms with Gasteiger partial charge in [-0.2, -0.15) is 0 Å². The Bertz CT molecular complexity index is 3820. The molecule has 3 heterocycles. The lowest BCUT2D eigenvalue weighted by atomic mass is 9.81. The number of nitrogens with zero attached hydrogens (tertiary/aromatic N) is 4. The van der Waals surface area contributed by atoms with Crippen LogP contribution in [-0.4, -0.2) is 19.9 Å². The van der Waals surface area contributed by atoms with Crippen LogP contribution in [0.3, 0.4) is 0 Å². The highest BCUT2D eigenvalue weighted by atomic mass is 32.1. The summed E-state index contributed by atoms with van der Waals surface area (Å²) in [7, 11) is 0. The number of hydrogen-bond acceptors (Lipinski definition) is 6. The van der Waals surface area contributed by atoms with Crippen LogP contribution in [-0.2, 0) is 5.41 Å². The molecule has 260 valence electrons. The molecular formula is C49H32N4OS. The van der Waals surface area contributed by atoms with Gasteiger partial charge in [0.15, 0.2) is 17.5 Å². The van der Waals surface area contributed by atoms with Gasteiger partial charge in [-0.15, -0.1) is 11.3 Å². The van der Waals surface area contributed by atoms with Crippen molar-refractivity contribution in [2.24, 2.45) is 0 Å². The maximum atomic E-state index is 9.72. The van der Waals surface area contributed by atoms with Crippen LogP contribution in [0.5, 0.6) is 0 Å². The smallest absolute Gasteiger partial charge is 0.164 e. The van der Waals surface area contributed by atoms with E-state index in [2.05, 4.69) is 64.1 Å². The lowest BCUT2D eigenvalue weighted by Crippen LogP contribution is -2.14. The van der Waals surface area contributed by atoms with Crippen molar-refractivity contribution in [3.8, 4) is 67.5 Å². The Hall–Kier alpha value is -6.76. The second-order valence-electron chi connectivity index (χ2n) is 13.6. The van der Waals surface area contributed by atoms with E-state index in [1.807, 2.05) is 29.8 Å². The number of aromatic nitrogens is 4. The van der Waals surface area contributed by atoms with Gasteiger partial charge in [0.05, 0.1) is 34.9 Å². The summed E-state index contributed by atoms with van der Waals surface area (Å²) in [4.78, 5) is 17.7. The fourth-order valence-electron chi connectivity index (χ4n) is 7.58. The molecule has 7 aromatic carbocycles. The van der Waals surface area contributed by atoms with Crippen molar-refractivity contribution in [2.45, 2.75) is 19.3 Å². The van der Waals surface area contributed by atoms with E-state index in [0.717, 1.165) is 37.9 Å². The number of para-hydroxylation sites is 2. The SMILES string of the molecule is [2H]c1c([2H])c([2H])c(-c2nc(-c3c([2H])c([2H])c([2H])c([2H])c3[2H])nc(-c3c([2H])c([2H])c([2H])c(-c4cccc5c4oc4c(-c6ccc7c(c6)C(C)(C)c6ccc8ncsc8c6-7)cccc45)c3[2H])n2)c([2H])c1[2H]. The normalized spacial score (nSPS) is 16.6. The van der Waals surface area contributed by atoms with E-state index in [4.69, 9.17) is 20.9 Å². The number of rotatable bonds is 5. The summed E-state index contributed by atoms with van der Waals surface area (Å²) in [5.74, 6) is -1.75. The van der Waals surface area contributed by atoms with Crippen LogP contribution in [0.25, 0.3) is 99.7 Å². The van der Waals surface area contributed by atoms with Crippen molar-refractivity contribution in [1.82, 2.24) is 19.9 Å².